The maximum atomic E-state index is 11.9. The highest BCUT2D eigenvalue weighted by molar-refractivity contribution is 14.1. The van der Waals surface area contributed by atoms with Crippen LogP contribution in [-0.2, 0) is 11.2 Å². The molecule has 2 rings (SSSR count). The topological polar surface area (TPSA) is 39.2 Å². The molecule has 0 bridgehead atoms. The van der Waals surface area contributed by atoms with E-state index in [-0.39, 0.29) is 12.4 Å². The first-order valence-corrected chi connectivity index (χ1v) is 7.59. The first-order valence-electron chi connectivity index (χ1n) is 6.51. The van der Waals surface area contributed by atoms with E-state index in [0.717, 1.165) is 16.4 Å². The van der Waals surface area contributed by atoms with Gasteiger partial charge < -0.3 is 4.74 Å². The molecule has 0 N–H and O–H groups in total. The molecule has 1 heterocycles. The van der Waals surface area contributed by atoms with Crippen molar-refractivity contribution in [3.63, 3.8) is 0 Å². The molecule has 4 heteroatoms. The number of ketones is 1. The van der Waals surface area contributed by atoms with Crippen molar-refractivity contribution in [2.75, 3.05) is 13.2 Å². The number of halogens is 1. The van der Waals surface area contributed by atoms with Crippen LogP contribution in [0.1, 0.15) is 22.3 Å². The Morgan fingerprint density at radius 2 is 1.80 bits per heavy atom. The fourth-order valence-electron chi connectivity index (χ4n) is 1.81. The van der Waals surface area contributed by atoms with Gasteiger partial charge in [-0.1, -0.05) is 12.1 Å². The molecule has 0 saturated heterocycles. The second kappa shape index (κ2) is 8.11. The highest BCUT2D eigenvalue weighted by Gasteiger charge is 2.05. The van der Waals surface area contributed by atoms with Gasteiger partial charge in [0.15, 0.2) is 5.78 Å². The standard InChI is InChI=1S/C16H16INO2/c17-15-5-3-14(4-6-15)16(19)12-20-11-1-2-13-7-9-18-10-8-13/h3-10H,1-2,11-12H2. The molecule has 3 nitrogen and oxygen atoms in total. The van der Waals surface area contributed by atoms with E-state index < -0.39 is 0 Å². The summed E-state index contributed by atoms with van der Waals surface area (Å²) >= 11 is 2.22. The van der Waals surface area contributed by atoms with Crippen LogP contribution in [0.4, 0.5) is 0 Å². The second-order valence-corrected chi connectivity index (χ2v) is 5.69. The number of hydrogen-bond acceptors (Lipinski definition) is 3. The van der Waals surface area contributed by atoms with Crippen LogP contribution in [0.2, 0.25) is 0 Å². The van der Waals surface area contributed by atoms with Crippen LogP contribution >= 0.6 is 22.6 Å². The molecule has 0 unspecified atom stereocenters. The van der Waals surface area contributed by atoms with E-state index in [0.29, 0.717) is 12.2 Å². The summed E-state index contributed by atoms with van der Waals surface area (Å²) in [5.41, 5.74) is 1.95. The lowest BCUT2D eigenvalue weighted by molar-refractivity contribution is 0.0756. The molecule has 1 aromatic heterocycles. The number of benzene rings is 1. The second-order valence-electron chi connectivity index (χ2n) is 4.44. The van der Waals surface area contributed by atoms with E-state index in [9.17, 15) is 4.79 Å². The fraction of sp³-hybridized carbons (Fsp3) is 0.250. The van der Waals surface area contributed by atoms with E-state index in [1.54, 1.807) is 12.4 Å². The summed E-state index contributed by atoms with van der Waals surface area (Å²) in [6, 6.07) is 11.5. The Morgan fingerprint density at radius 1 is 1.10 bits per heavy atom. The highest BCUT2D eigenvalue weighted by atomic mass is 127. The van der Waals surface area contributed by atoms with Crippen LogP contribution in [-0.4, -0.2) is 24.0 Å². The number of pyridine rings is 1. The average molecular weight is 381 g/mol. The quantitative estimate of drug-likeness (QED) is 0.419. The lowest BCUT2D eigenvalue weighted by Gasteiger charge is -2.04. The van der Waals surface area contributed by atoms with Gasteiger partial charge in [0.2, 0.25) is 0 Å². The van der Waals surface area contributed by atoms with Crippen molar-refractivity contribution < 1.29 is 9.53 Å². The van der Waals surface area contributed by atoms with Crippen LogP contribution in [0.15, 0.2) is 48.8 Å². The van der Waals surface area contributed by atoms with Gasteiger partial charge in [-0.2, -0.15) is 0 Å². The van der Waals surface area contributed by atoms with E-state index in [2.05, 4.69) is 27.6 Å². The minimum atomic E-state index is 0.0327. The largest absolute Gasteiger partial charge is 0.373 e. The van der Waals surface area contributed by atoms with Crippen LogP contribution in [0.25, 0.3) is 0 Å². The highest BCUT2D eigenvalue weighted by Crippen LogP contribution is 2.08. The lowest BCUT2D eigenvalue weighted by atomic mass is 10.1. The van der Waals surface area contributed by atoms with Gasteiger partial charge in [0.1, 0.15) is 6.61 Å². The number of hydrogen-bond donors (Lipinski definition) is 0. The van der Waals surface area contributed by atoms with Gasteiger partial charge in [0.05, 0.1) is 0 Å². The normalized spacial score (nSPS) is 10.4. The SMILES string of the molecule is O=C(COCCCc1ccncc1)c1ccc(I)cc1. The predicted octanol–water partition coefficient (Wildman–Crippen LogP) is 3.52. The Bertz CT molecular complexity index is 540. The van der Waals surface area contributed by atoms with E-state index >= 15 is 0 Å². The van der Waals surface area contributed by atoms with Gasteiger partial charge in [-0.25, -0.2) is 0 Å². The van der Waals surface area contributed by atoms with Crippen molar-refractivity contribution in [2.24, 2.45) is 0 Å². The maximum Gasteiger partial charge on any atom is 0.188 e. The van der Waals surface area contributed by atoms with Gasteiger partial charge in [0, 0.05) is 28.1 Å². The van der Waals surface area contributed by atoms with Crippen molar-refractivity contribution in [1.29, 1.82) is 0 Å². The molecule has 0 fully saturated rings. The number of Topliss-reactive ketones (excluding diaryl/α,β-unsaturated/α-hetero) is 1. The minimum absolute atomic E-state index is 0.0327. The molecule has 2 aromatic rings. The number of aromatic nitrogens is 1. The third-order valence-corrected chi connectivity index (χ3v) is 3.62. The summed E-state index contributed by atoms with van der Waals surface area (Å²) in [4.78, 5) is 15.8. The van der Waals surface area contributed by atoms with Crippen molar-refractivity contribution in [1.82, 2.24) is 4.98 Å². The number of carbonyl (C=O) groups is 1. The van der Waals surface area contributed by atoms with Crippen LogP contribution in [0.5, 0.6) is 0 Å². The summed E-state index contributed by atoms with van der Waals surface area (Å²) in [6.45, 7) is 0.745. The molecule has 0 radical (unpaired) electrons. The van der Waals surface area contributed by atoms with Gasteiger partial charge in [0.25, 0.3) is 0 Å². The molecule has 104 valence electrons. The molecule has 1 aromatic carbocycles. The zero-order chi connectivity index (χ0) is 14.2. The van der Waals surface area contributed by atoms with Gasteiger partial charge in [-0.15, -0.1) is 0 Å². The van der Waals surface area contributed by atoms with Crippen molar-refractivity contribution >= 4 is 28.4 Å². The summed E-state index contributed by atoms with van der Waals surface area (Å²) < 4.78 is 6.56. The molecular weight excluding hydrogens is 365 g/mol. The zero-order valence-corrected chi connectivity index (χ0v) is 13.2. The Labute approximate surface area is 132 Å². The molecule has 0 atom stereocenters. The first kappa shape index (κ1) is 15.1. The molecule has 0 saturated carbocycles. The molecular formula is C16H16INO2. The molecule has 0 amide bonds. The Kier molecular flexibility index (Phi) is 6.14. The van der Waals surface area contributed by atoms with Crippen LogP contribution in [0, 0.1) is 3.57 Å². The smallest absolute Gasteiger partial charge is 0.188 e. The van der Waals surface area contributed by atoms with Gasteiger partial charge in [-0.05, 0) is 65.3 Å². The number of rotatable bonds is 7. The molecule has 0 aliphatic rings. The minimum Gasteiger partial charge on any atom is -0.373 e. The summed E-state index contributed by atoms with van der Waals surface area (Å²) in [7, 11) is 0. The number of carbonyl (C=O) groups excluding carboxylic acids is 1. The molecule has 0 aliphatic heterocycles. The number of aryl methyl sites for hydroxylation is 1. The van der Waals surface area contributed by atoms with E-state index in [4.69, 9.17) is 4.74 Å². The Hall–Kier alpha value is -1.27. The number of nitrogens with zero attached hydrogens (tertiary/aromatic N) is 1. The van der Waals surface area contributed by atoms with Gasteiger partial charge >= 0.3 is 0 Å². The predicted molar refractivity (Wildman–Crippen MR) is 86.9 cm³/mol. The monoisotopic (exact) mass is 381 g/mol. The third-order valence-electron chi connectivity index (χ3n) is 2.90. The van der Waals surface area contributed by atoms with Gasteiger partial charge in [-0.3, -0.25) is 9.78 Å². The summed E-state index contributed by atoms with van der Waals surface area (Å²) in [5, 5.41) is 0. The fourth-order valence-corrected chi connectivity index (χ4v) is 2.17. The Balaban J connectivity index is 1.66. The lowest BCUT2D eigenvalue weighted by Crippen LogP contribution is -2.10. The maximum absolute atomic E-state index is 11.9. The summed E-state index contributed by atoms with van der Waals surface area (Å²) in [5.74, 6) is 0.0327. The van der Waals surface area contributed by atoms with E-state index in [1.807, 2.05) is 36.4 Å². The summed E-state index contributed by atoms with van der Waals surface area (Å²) in [6.07, 6.45) is 5.43. The van der Waals surface area contributed by atoms with E-state index in [1.165, 1.54) is 5.56 Å². The molecule has 0 spiro atoms. The van der Waals surface area contributed by atoms with Crippen molar-refractivity contribution in [2.45, 2.75) is 12.8 Å². The van der Waals surface area contributed by atoms with Crippen LogP contribution < -0.4 is 0 Å². The number of ether oxygens (including phenoxy) is 1. The van der Waals surface area contributed by atoms with Crippen molar-refractivity contribution in [3.8, 4) is 0 Å². The Morgan fingerprint density at radius 3 is 2.50 bits per heavy atom. The average Bonchev–Trinajstić information content (AvgIpc) is 2.48. The third kappa shape index (κ3) is 5.02. The van der Waals surface area contributed by atoms with Crippen LogP contribution in [0.3, 0.4) is 0 Å². The van der Waals surface area contributed by atoms with Crippen molar-refractivity contribution in [3.05, 3.63) is 63.5 Å². The molecule has 20 heavy (non-hydrogen) atoms. The zero-order valence-electron chi connectivity index (χ0n) is 11.1. The molecule has 0 aliphatic carbocycles. The first-order chi connectivity index (χ1) is 9.75.